The summed E-state index contributed by atoms with van der Waals surface area (Å²) < 4.78 is 0. The number of hydrogen-bond donors (Lipinski definition) is 2. The molecule has 2 aromatic carbocycles. The van der Waals surface area contributed by atoms with E-state index >= 15 is 0 Å². The van der Waals surface area contributed by atoms with Crippen LogP contribution in [0.2, 0.25) is 0 Å². The van der Waals surface area contributed by atoms with Crippen molar-refractivity contribution < 1.29 is 0 Å². The van der Waals surface area contributed by atoms with Gasteiger partial charge in [0.1, 0.15) is 0 Å². The molecule has 0 spiro atoms. The van der Waals surface area contributed by atoms with Crippen LogP contribution in [0.15, 0.2) is 48.5 Å². The van der Waals surface area contributed by atoms with Gasteiger partial charge in [0.05, 0.1) is 0 Å². The molecule has 2 rings (SSSR count). The Morgan fingerprint density at radius 1 is 0.632 bits per heavy atom. The fourth-order valence-corrected chi connectivity index (χ4v) is 1.70. The molecule has 0 aromatic heterocycles. The average molecular weight is 256 g/mol. The van der Waals surface area contributed by atoms with E-state index in [2.05, 4.69) is 13.8 Å². The van der Waals surface area contributed by atoms with E-state index in [1.807, 2.05) is 48.5 Å². The van der Waals surface area contributed by atoms with E-state index < -0.39 is 0 Å². The number of benzene rings is 2. The Morgan fingerprint density at radius 3 is 1.16 bits per heavy atom. The first-order valence-electron chi connectivity index (χ1n) is 6.88. The minimum atomic E-state index is 0.782. The van der Waals surface area contributed by atoms with Gasteiger partial charge in [0, 0.05) is 11.4 Å². The van der Waals surface area contributed by atoms with Crippen molar-refractivity contribution in [3.63, 3.8) is 0 Å². The molecule has 0 saturated carbocycles. The molecule has 0 bridgehead atoms. The second kappa shape index (κ2) is 8.20. The summed E-state index contributed by atoms with van der Waals surface area (Å²) in [7, 11) is 0. The second-order valence-electron chi connectivity index (χ2n) is 4.60. The minimum Gasteiger partial charge on any atom is -0.399 e. The Labute approximate surface area is 116 Å². The maximum atomic E-state index is 5.61. The Morgan fingerprint density at radius 2 is 0.947 bits per heavy atom. The third-order valence-electron chi connectivity index (χ3n) is 2.86. The second-order valence-corrected chi connectivity index (χ2v) is 4.60. The molecule has 0 fully saturated rings. The summed E-state index contributed by atoms with van der Waals surface area (Å²) in [5.41, 5.74) is 15.1. The van der Waals surface area contributed by atoms with E-state index in [1.54, 1.807) is 0 Å². The SMILES string of the molecule is CCCCC.Nc1ccc(-c2ccc(N)cc2)cc1. The van der Waals surface area contributed by atoms with Gasteiger partial charge in [-0.15, -0.1) is 0 Å². The third-order valence-corrected chi connectivity index (χ3v) is 2.86. The van der Waals surface area contributed by atoms with Gasteiger partial charge in [-0.1, -0.05) is 57.4 Å². The third kappa shape index (κ3) is 5.47. The number of hydrogen-bond acceptors (Lipinski definition) is 2. The monoisotopic (exact) mass is 256 g/mol. The fraction of sp³-hybridized carbons (Fsp3) is 0.294. The first kappa shape index (κ1) is 15.1. The zero-order valence-electron chi connectivity index (χ0n) is 11.9. The smallest absolute Gasteiger partial charge is 0.0314 e. The lowest BCUT2D eigenvalue weighted by Crippen LogP contribution is -1.85. The van der Waals surface area contributed by atoms with Crippen LogP contribution in [-0.4, -0.2) is 0 Å². The molecule has 0 aliphatic rings. The number of nitrogens with two attached hydrogens (primary N) is 2. The van der Waals surface area contributed by atoms with E-state index in [0.717, 1.165) is 22.5 Å². The molecular weight excluding hydrogens is 232 g/mol. The number of nitrogen functional groups attached to an aromatic ring is 2. The van der Waals surface area contributed by atoms with Crippen molar-refractivity contribution in [1.29, 1.82) is 0 Å². The van der Waals surface area contributed by atoms with Gasteiger partial charge in [0.15, 0.2) is 0 Å². The quantitative estimate of drug-likeness (QED) is 0.781. The summed E-state index contributed by atoms with van der Waals surface area (Å²) in [6, 6.07) is 15.6. The Bertz CT molecular complexity index is 412. The van der Waals surface area contributed by atoms with Crippen LogP contribution < -0.4 is 11.5 Å². The Kier molecular flexibility index (Phi) is 6.51. The molecule has 2 nitrogen and oxygen atoms in total. The molecule has 102 valence electrons. The molecule has 0 aliphatic carbocycles. The summed E-state index contributed by atoms with van der Waals surface area (Å²) in [6.45, 7) is 4.42. The molecule has 0 unspecified atom stereocenters. The number of rotatable bonds is 3. The maximum absolute atomic E-state index is 5.61. The highest BCUT2D eigenvalue weighted by Gasteiger charge is 1.95. The highest BCUT2D eigenvalue weighted by atomic mass is 14.5. The molecule has 0 radical (unpaired) electrons. The van der Waals surface area contributed by atoms with Crippen LogP contribution in [0.1, 0.15) is 33.1 Å². The van der Waals surface area contributed by atoms with Gasteiger partial charge < -0.3 is 11.5 Å². The van der Waals surface area contributed by atoms with Crippen molar-refractivity contribution in [1.82, 2.24) is 0 Å². The van der Waals surface area contributed by atoms with Crippen LogP contribution in [0.4, 0.5) is 11.4 Å². The molecule has 4 N–H and O–H groups in total. The van der Waals surface area contributed by atoms with Gasteiger partial charge >= 0.3 is 0 Å². The van der Waals surface area contributed by atoms with Crippen molar-refractivity contribution in [2.24, 2.45) is 0 Å². The standard InChI is InChI=1S/C12H12N2.C5H12/c13-11-5-1-9(2-6-11)10-3-7-12(14)8-4-10;1-3-5-4-2/h1-8H,13-14H2;3-5H2,1-2H3. The summed E-state index contributed by atoms with van der Waals surface area (Å²) in [4.78, 5) is 0. The first-order chi connectivity index (χ1) is 9.17. The van der Waals surface area contributed by atoms with Crippen molar-refractivity contribution in [2.45, 2.75) is 33.1 Å². The molecule has 19 heavy (non-hydrogen) atoms. The average Bonchev–Trinajstić information content (AvgIpc) is 2.42. The molecule has 0 amide bonds. The predicted molar refractivity (Wildman–Crippen MR) is 85.9 cm³/mol. The van der Waals surface area contributed by atoms with Crippen LogP contribution in [-0.2, 0) is 0 Å². The van der Waals surface area contributed by atoms with E-state index in [4.69, 9.17) is 11.5 Å². The summed E-state index contributed by atoms with van der Waals surface area (Å²) in [6.07, 6.45) is 4.08. The van der Waals surface area contributed by atoms with Crippen molar-refractivity contribution in [3.8, 4) is 11.1 Å². The van der Waals surface area contributed by atoms with E-state index in [-0.39, 0.29) is 0 Å². The molecule has 0 atom stereocenters. The van der Waals surface area contributed by atoms with Crippen LogP contribution in [0.25, 0.3) is 11.1 Å². The molecule has 0 aliphatic heterocycles. The van der Waals surface area contributed by atoms with Crippen LogP contribution in [0.5, 0.6) is 0 Å². The highest BCUT2D eigenvalue weighted by molar-refractivity contribution is 5.67. The largest absolute Gasteiger partial charge is 0.399 e. The van der Waals surface area contributed by atoms with Crippen molar-refractivity contribution >= 4 is 11.4 Å². The van der Waals surface area contributed by atoms with Gasteiger partial charge in [0.25, 0.3) is 0 Å². The van der Waals surface area contributed by atoms with E-state index in [9.17, 15) is 0 Å². The zero-order chi connectivity index (χ0) is 14.1. The lowest BCUT2D eigenvalue weighted by atomic mass is 10.1. The van der Waals surface area contributed by atoms with Crippen molar-refractivity contribution in [3.05, 3.63) is 48.5 Å². The minimum absolute atomic E-state index is 0.782. The van der Waals surface area contributed by atoms with Gasteiger partial charge in [-0.25, -0.2) is 0 Å². The topological polar surface area (TPSA) is 52.0 Å². The molecular formula is C17H24N2. The van der Waals surface area contributed by atoms with E-state index in [0.29, 0.717) is 0 Å². The summed E-state index contributed by atoms with van der Waals surface area (Å²) in [5.74, 6) is 0. The van der Waals surface area contributed by atoms with Crippen LogP contribution in [0, 0.1) is 0 Å². The zero-order valence-corrected chi connectivity index (χ0v) is 11.9. The Balaban J connectivity index is 0.000000312. The van der Waals surface area contributed by atoms with Gasteiger partial charge in [-0.2, -0.15) is 0 Å². The normalized spacial score (nSPS) is 9.58. The number of anilines is 2. The van der Waals surface area contributed by atoms with E-state index in [1.165, 1.54) is 19.3 Å². The molecule has 0 saturated heterocycles. The lowest BCUT2D eigenvalue weighted by molar-refractivity contribution is 0.772. The van der Waals surface area contributed by atoms with Gasteiger partial charge in [-0.3, -0.25) is 0 Å². The van der Waals surface area contributed by atoms with Gasteiger partial charge in [-0.05, 0) is 35.4 Å². The molecule has 2 aromatic rings. The number of unbranched alkanes of at least 4 members (excludes halogenated alkanes) is 2. The Hall–Kier alpha value is -1.96. The summed E-state index contributed by atoms with van der Waals surface area (Å²) >= 11 is 0. The van der Waals surface area contributed by atoms with Crippen molar-refractivity contribution in [2.75, 3.05) is 11.5 Å². The molecule has 0 heterocycles. The fourth-order valence-electron chi connectivity index (χ4n) is 1.70. The predicted octanol–water partition coefficient (Wildman–Crippen LogP) is 4.71. The maximum Gasteiger partial charge on any atom is 0.0314 e. The first-order valence-corrected chi connectivity index (χ1v) is 6.88. The highest BCUT2D eigenvalue weighted by Crippen LogP contribution is 2.21. The van der Waals surface area contributed by atoms with Crippen LogP contribution >= 0.6 is 0 Å². The lowest BCUT2D eigenvalue weighted by Gasteiger charge is -2.02. The summed E-state index contributed by atoms with van der Waals surface area (Å²) in [5, 5.41) is 0. The molecule has 2 heteroatoms. The van der Waals surface area contributed by atoms with Gasteiger partial charge in [0.2, 0.25) is 0 Å². The van der Waals surface area contributed by atoms with Crippen LogP contribution in [0.3, 0.4) is 0 Å².